The Morgan fingerprint density at radius 3 is 2.69 bits per heavy atom. The SMILES string of the molecule is C[C@H]1c2c(Cl)cc(C(F)(F)F)cc2CCN1C(=O)[C@]12CN[C@H](CO1)C2.Cl. The second kappa shape index (κ2) is 6.55. The molecular formula is C17H19Cl2F3N2O2. The number of nitrogens with zero attached hydrogens (tertiary/aromatic N) is 1. The van der Waals surface area contributed by atoms with Crippen molar-refractivity contribution in [3.8, 4) is 0 Å². The average molecular weight is 411 g/mol. The highest BCUT2D eigenvalue weighted by atomic mass is 35.5. The molecule has 3 aliphatic heterocycles. The zero-order chi connectivity index (χ0) is 18.0. The fourth-order valence-corrected chi connectivity index (χ4v) is 4.60. The highest BCUT2D eigenvalue weighted by Gasteiger charge is 2.54. The van der Waals surface area contributed by atoms with Gasteiger partial charge in [0.15, 0.2) is 5.60 Å². The molecule has 0 saturated carbocycles. The van der Waals surface area contributed by atoms with Crippen LogP contribution < -0.4 is 5.32 Å². The second-order valence-corrected chi connectivity index (χ2v) is 7.45. The number of hydrogen-bond donors (Lipinski definition) is 1. The maximum Gasteiger partial charge on any atom is 0.416 e. The van der Waals surface area contributed by atoms with Gasteiger partial charge in [-0.15, -0.1) is 12.4 Å². The molecule has 0 spiro atoms. The third kappa shape index (κ3) is 2.99. The quantitative estimate of drug-likeness (QED) is 0.771. The van der Waals surface area contributed by atoms with E-state index in [0.717, 1.165) is 12.1 Å². The summed E-state index contributed by atoms with van der Waals surface area (Å²) in [5, 5.41) is 3.32. The topological polar surface area (TPSA) is 41.6 Å². The molecule has 9 heteroatoms. The molecule has 2 saturated heterocycles. The van der Waals surface area contributed by atoms with E-state index in [4.69, 9.17) is 16.3 Å². The standard InChI is InChI=1S/C17H18ClF3N2O2.ClH/c1-9-14-10(4-11(5-13(14)18)17(19,20)21)2-3-23(9)15(24)16-6-12(7-25-16)22-8-16;/h4-5,9,12,22H,2-3,6-8H2,1H3;1H/t9-,12-,16-;/m0./s1. The molecule has 1 amide bonds. The lowest BCUT2D eigenvalue weighted by Gasteiger charge is -2.40. The molecule has 0 unspecified atom stereocenters. The lowest BCUT2D eigenvalue weighted by Crippen LogP contribution is -2.54. The van der Waals surface area contributed by atoms with Crippen molar-refractivity contribution in [1.29, 1.82) is 0 Å². The summed E-state index contributed by atoms with van der Waals surface area (Å²) in [5.41, 5.74) is -0.423. The molecule has 0 aliphatic carbocycles. The van der Waals surface area contributed by atoms with Crippen LogP contribution in [-0.2, 0) is 22.1 Å². The zero-order valence-corrected chi connectivity index (χ0v) is 15.6. The van der Waals surface area contributed by atoms with Crippen molar-refractivity contribution in [2.75, 3.05) is 19.7 Å². The Hall–Kier alpha value is -1.02. The van der Waals surface area contributed by atoms with Crippen LogP contribution in [0.4, 0.5) is 13.2 Å². The number of rotatable bonds is 1. The van der Waals surface area contributed by atoms with Gasteiger partial charge in [-0.3, -0.25) is 4.79 Å². The van der Waals surface area contributed by atoms with Crippen molar-refractivity contribution in [1.82, 2.24) is 10.2 Å². The predicted octanol–water partition coefficient (Wildman–Crippen LogP) is 3.36. The monoisotopic (exact) mass is 410 g/mol. The van der Waals surface area contributed by atoms with Gasteiger partial charge in [-0.05, 0) is 36.6 Å². The Bertz CT molecular complexity index is 733. The molecule has 0 aromatic heterocycles. The zero-order valence-electron chi connectivity index (χ0n) is 14.0. The van der Waals surface area contributed by atoms with Crippen molar-refractivity contribution < 1.29 is 22.7 Å². The number of benzene rings is 1. The number of hydrogen-bond acceptors (Lipinski definition) is 3. The number of nitrogens with one attached hydrogen (secondary N) is 1. The highest BCUT2D eigenvalue weighted by Crippen LogP contribution is 2.42. The van der Waals surface area contributed by atoms with Crippen LogP contribution in [0.15, 0.2) is 12.1 Å². The van der Waals surface area contributed by atoms with Crippen LogP contribution in [-0.4, -0.2) is 42.1 Å². The van der Waals surface area contributed by atoms with Gasteiger partial charge in [0.1, 0.15) is 0 Å². The largest absolute Gasteiger partial charge is 0.416 e. The van der Waals surface area contributed by atoms with Gasteiger partial charge in [-0.1, -0.05) is 11.6 Å². The molecular weight excluding hydrogens is 392 g/mol. The summed E-state index contributed by atoms with van der Waals surface area (Å²) in [6, 6.07) is 1.91. The molecule has 144 valence electrons. The lowest BCUT2D eigenvalue weighted by atomic mass is 9.89. The van der Waals surface area contributed by atoms with Gasteiger partial charge in [-0.25, -0.2) is 0 Å². The lowest BCUT2D eigenvalue weighted by molar-refractivity contribution is -0.155. The molecule has 3 heterocycles. The molecule has 4 nitrogen and oxygen atoms in total. The Morgan fingerprint density at radius 2 is 2.15 bits per heavy atom. The molecule has 3 atom stereocenters. The number of carbonyl (C=O) groups is 1. The van der Waals surface area contributed by atoms with Crippen molar-refractivity contribution in [3.05, 3.63) is 33.8 Å². The fourth-order valence-electron chi connectivity index (χ4n) is 4.21. The van der Waals surface area contributed by atoms with E-state index < -0.39 is 17.3 Å². The molecule has 1 aromatic carbocycles. The van der Waals surface area contributed by atoms with E-state index in [1.54, 1.807) is 11.8 Å². The fraction of sp³-hybridized carbons (Fsp3) is 0.588. The van der Waals surface area contributed by atoms with E-state index >= 15 is 0 Å². The summed E-state index contributed by atoms with van der Waals surface area (Å²) in [4.78, 5) is 14.8. The number of fused-ring (bicyclic) bond motifs is 3. The minimum Gasteiger partial charge on any atom is -0.362 e. The van der Waals surface area contributed by atoms with Crippen molar-refractivity contribution >= 4 is 29.9 Å². The summed E-state index contributed by atoms with van der Waals surface area (Å²) in [6.07, 6.45) is -3.44. The number of alkyl halides is 3. The molecule has 0 radical (unpaired) electrons. The maximum absolute atomic E-state index is 13.1. The van der Waals surface area contributed by atoms with Crippen LogP contribution in [0.25, 0.3) is 0 Å². The Labute approximate surface area is 160 Å². The number of ether oxygens (including phenoxy) is 1. The third-order valence-corrected chi connectivity index (χ3v) is 5.83. The third-order valence-electron chi connectivity index (χ3n) is 5.51. The van der Waals surface area contributed by atoms with Crippen LogP contribution in [0.1, 0.15) is 36.1 Å². The molecule has 3 aliphatic rings. The van der Waals surface area contributed by atoms with Crippen LogP contribution >= 0.6 is 24.0 Å². The number of morpholine rings is 1. The van der Waals surface area contributed by atoms with Crippen LogP contribution in [0.5, 0.6) is 0 Å². The van der Waals surface area contributed by atoms with Crippen LogP contribution in [0, 0.1) is 0 Å². The Morgan fingerprint density at radius 1 is 1.42 bits per heavy atom. The van der Waals surface area contributed by atoms with Crippen molar-refractivity contribution in [2.24, 2.45) is 0 Å². The van der Waals surface area contributed by atoms with Gasteiger partial charge in [0.2, 0.25) is 0 Å². The maximum atomic E-state index is 13.1. The molecule has 1 N–H and O–H groups in total. The minimum absolute atomic E-state index is 0. The van der Waals surface area contributed by atoms with Crippen molar-refractivity contribution in [2.45, 2.75) is 43.6 Å². The first-order chi connectivity index (χ1) is 11.7. The van der Waals surface area contributed by atoms with Gasteiger partial charge >= 0.3 is 6.18 Å². The molecule has 2 fully saturated rings. The smallest absolute Gasteiger partial charge is 0.362 e. The molecule has 4 rings (SSSR count). The van der Waals surface area contributed by atoms with Gasteiger partial charge in [0, 0.05) is 30.6 Å². The Kier molecular flexibility index (Phi) is 4.97. The van der Waals surface area contributed by atoms with Gasteiger partial charge in [-0.2, -0.15) is 13.2 Å². The van der Waals surface area contributed by atoms with E-state index in [0.29, 0.717) is 43.7 Å². The summed E-state index contributed by atoms with van der Waals surface area (Å²) < 4.78 is 44.7. The van der Waals surface area contributed by atoms with E-state index in [-0.39, 0.29) is 35.4 Å². The summed E-state index contributed by atoms with van der Waals surface area (Å²) in [5.74, 6) is -0.103. The minimum atomic E-state index is -4.43. The first-order valence-corrected chi connectivity index (χ1v) is 8.67. The first kappa shape index (κ1) is 19.7. The van der Waals surface area contributed by atoms with Crippen LogP contribution in [0.2, 0.25) is 5.02 Å². The van der Waals surface area contributed by atoms with E-state index in [2.05, 4.69) is 5.32 Å². The number of amides is 1. The first-order valence-electron chi connectivity index (χ1n) is 8.29. The average Bonchev–Trinajstić information content (AvgIpc) is 3.15. The van der Waals surface area contributed by atoms with E-state index in [1.807, 2.05) is 0 Å². The molecule has 2 bridgehead atoms. The van der Waals surface area contributed by atoms with Gasteiger partial charge in [0.25, 0.3) is 5.91 Å². The van der Waals surface area contributed by atoms with Gasteiger partial charge < -0.3 is 15.0 Å². The van der Waals surface area contributed by atoms with Crippen molar-refractivity contribution in [3.63, 3.8) is 0 Å². The Balaban J connectivity index is 0.00000196. The summed E-state index contributed by atoms with van der Waals surface area (Å²) in [6.45, 7) is 3.16. The van der Waals surface area contributed by atoms with Gasteiger partial charge in [0.05, 0.1) is 18.2 Å². The summed E-state index contributed by atoms with van der Waals surface area (Å²) in [7, 11) is 0. The predicted molar refractivity (Wildman–Crippen MR) is 92.6 cm³/mol. The normalized spacial score (nSPS) is 30.1. The second-order valence-electron chi connectivity index (χ2n) is 7.04. The van der Waals surface area contributed by atoms with E-state index in [9.17, 15) is 18.0 Å². The molecule has 1 aromatic rings. The van der Waals surface area contributed by atoms with E-state index in [1.165, 1.54) is 0 Å². The number of carbonyl (C=O) groups excluding carboxylic acids is 1. The highest BCUT2D eigenvalue weighted by molar-refractivity contribution is 6.31. The molecule has 26 heavy (non-hydrogen) atoms. The van der Waals surface area contributed by atoms with Crippen LogP contribution in [0.3, 0.4) is 0 Å². The number of halogens is 5. The summed E-state index contributed by atoms with van der Waals surface area (Å²) >= 11 is 6.17.